The van der Waals surface area contributed by atoms with Crippen molar-refractivity contribution in [1.82, 2.24) is 0 Å². The van der Waals surface area contributed by atoms with Gasteiger partial charge in [0.15, 0.2) is 0 Å². The quantitative estimate of drug-likeness (QED) is 0.0239. The van der Waals surface area contributed by atoms with Gasteiger partial charge in [-0.1, -0.05) is 161 Å². The SMILES string of the molecule is CCCCCC/C=C\CCCCCCCC(=O)O[C@H](COCCCCCCCCCCCCCCCCCC)COP(=O)(O)OC[C@H](N)C(=O)O. The number of allylic oxidation sites excluding steroid dienone is 2. The molecule has 0 rings (SSSR count). The Balaban J connectivity index is 4.24. The molecule has 0 saturated heterocycles. The first-order valence-electron chi connectivity index (χ1n) is 20.7. The average Bonchev–Trinajstić information content (AvgIpc) is 3.10. The van der Waals surface area contributed by atoms with Gasteiger partial charge in [-0.15, -0.1) is 0 Å². The van der Waals surface area contributed by atoms with E-state index in [4.69, 9.17) is 29.4 Å². The van der Waals surface area contributed by atoms with E-state index in [2.05, 4.69) is 26.0 Å². The first-order chi connectivity index (χ1) is 24.7. The summed E-state index contributed by atoms with van der Waals surface area (Å²) in [4.78, 5) is 33.4. The number of carboxylic acid groups (broad SMARTS) is 1. The maximum atomic E-state index is 12.6. The number of hydrogen-bond donors (Lipinski definition) is 3. The third kappa shape index (κ3) is 36.8. The highest BCUT2D eigenvalue weighted by Gasteiger charge is 2.27. The number of unbranched alkanes of at least 4 members (excludes halogenated alkanes) is 24. The molecule has 0 aromatic carbocycles. The standard InChI is InChI=1S/C40H78NO9P/c1-3-5-7-9-11-13-15-17-18-19-21-23-25-27-29-31-33-47-34-37(35-48-51(45,46)49-36-38(41)40(43)44)50-39(42)32-30-28-26-24-22-20-16-14-12-10-8-6-4-2/h14,16,37-38H,3-13,15,17-36,41H2,1-2H3,(H,43,44)(H,45,46)/b16-14-/t37-,38+/m1/s1. The highest BCUT2D eigenvalue weighted by atomic mass is 31.2. The lowest BCUT2D eigenvalue weighted by atomic mass is 10.0. The lowest BCUT2D eigenvalue weighted by molar-refractivity contribution is -0.154. The van der Waals surface area contributed by atoms with Gasteiger partial charge in [0.2, 0.25) is 0 Å². The predicted molar refractivity (Wildman–Crippen MR) is 208 cm³/mol. The number of nitrogens with two attached hydrogens (primary N) is 1. The molecule has 11 heteroatoms. The van der Waals surface area contributed by atoms with Crippen LogP contribution in [0.4, 0.5) is 0 Å². The van der Waals surface area contributed by atoms with Crippen molar-refractivity contribution >= 4 is 19.8 Å². The van der Waals surface area contributed by atoms with E-state index < -0.39 is 45.1 Å². The number of esters is 1. The molecule has 0 saturated carbocycles. The minimum absolute atomic E-state index is 0.0191. The highest BCUT2D eigenvalue weighted by Crippen LogP contribution is 2.43. The monoisotopic (exact) mass is 748 g/mol. The van der Waals surface area contributed by atoms with Crippen LogP contribution in [0.1, 0.15) is 194 Å². The Bertz CT molecular complexity index is 873. The van der Waals surface area contributed by atoms with Crippen LogP contribution in [0.5, 0.6) is 0 Å². The molecule has 0 heterocycles. The number of carboxylic acids is 1. The van der Waals surface area contributed by atoms with Gasteiger partial charge >= 0.3 is 19.8 Å². The van der Waals surface area contributed by atoms with Crippen molar-refractivity contribution in [2.24, 2.45) is 5.73 Å². The Hall–Kier alpha value is -1.29. The first-order valence-corrected chi connectivity index (χ1v) is 22.2. The van der Waals surface area contributed by atoms with Crippen LogP contribution in [0, 0.1) is 0 Å². The van der Waals surface area contributed by atoms with Crippen LogP contribution in [0.15, 0.2) is 12.2 Å². The van der Waals surface area contributed by atoms with Crippen LogP contribution >= 0.6 is 7.82 Å². The molecule has 0 amide bonds. The number of phosphoric acid groups is 1. The van der Waals surface area contributed by atoms with Crippen molar-refractivity contribution in [3.63, 3.8) is 0 Å². The zero-order valence-electron chi connectivity index (χ0n) is 32.7. The van der Waals surface area contributed by atoms with E-state index in [0.717, 1.165) is 51.4 Å². The third-order valence-corrected chi connectivity index (χ3v) is 10.00. The maximum Gasteiger partial charge on any atom is 0.472 e. The van der Waals surface area contributed by atoms with E-state index in [1.807, 2.05) is 0 Å². The fourth-order valence-electron chi connectivity index (χ4n) is 5.77. The van der Waals surface area contributed by atoms with Crippen LogP contribution in [0.25, 0.3) is 0 Å². The summed E-state index contributed by atoms with van der Waals surface area (Å²) in [6, 6.07) is -1.47. The lowest BCUT2D eigenvalue weighted by Gasteiger charge is -2.20. The van der Waals surface area contributed by atoms with Gasteiger partial charge in [0.1, 0.15) is 12.1 Å². The van der Waals surface area contributed by atoms with Gasteiger partial charge in [0.05, 0.1) is 19.8 Å². The number of ether oxygens (including phenoxy) is 2. The Morgan fingerprint density at radius 2 is 1.02 bits per heavy atom. The number of phosphoric ester groups is 1. The second-order valence-electron chi connectivity index (χ2n) is 14.1. The first kappa shape index (κ1) is 49.7. The van der Waals surface area contributed by atoms with Gasteiger partial charge in [0.25, 0.3) is 0 Å². The van der Waals surface area contributed by atoms with Crippen molar-refractivity contribution in [1.29, 1.82) is 0 Å². The molecule has 3 atom stereocenters. The molecule has 302 valence electrons. The van der Waals surface area contributed by atoms with E-state index in [-0.39, 0.29) is 13.0 Å². The Labute approximate surface area is 312 Å². The van der Waals surface area contributed by atoms with Crippen molar-refractivity contribution in [2.75, 3.05) is 26.4 Å². The Morgan fingerprint density at radius 3 is 1.51 bits per heavy atom. The number of hydrogen-bond acceptors (Lipinski definition) is 8. The topological polar surface area (TPSA) is 155 Å². The molecule has 0 fully saturated rings. The Kier molecular flexibility index (Phi) is 36.1. The average molecular weight is 748 g/mol. The molecule has 0 bridgehead atoms. The maximum absolute atomic E-state index is 12.6. The second kappa shape index (κ2) is 37.0. The van der Waals surface area contributed by atoms with E-state index in [1.54, 1.807) is 0 Å². The molecule has 51 heavy (non-hydrogen) atoms. The summed E-state index contributed by atoms with van der Waals surface area (Å²) >= 11 is 0. The molecule has 0 aliphatic carbocycles. The molecular formula is C40H78NO9P. The zero-order chi connectivity index (χ0) is 37.7. The molecule has 10 nitrogen and oxygen atoms in total. The number of carbonyl (C=O) groups excluding carboxylic acids is 1. The van der Waals surface area contributed by atoms with Crippen LogP contribution in [0.2, 0.25) is 0 Å². The fraction of sp³-hybridized carbons (Fsp3) is 0.900. The molecular weight excluding hydrogens is 669 g/mol. The molecule has 1 unspecified atom stereocenters. The van der Waals surface area contributed by atoms with Crippen LogP contribution in [0.3, 0.4) is 0 Å². The summed E-state index contributed by atoms with van der Waals surface area (Å²) in [5.41, 5.74) is 5.34. The molecule has 0 aromatic rings. The van der Waals surface area contributed by atoms with Gasteiger partial charge in [-0.25, -0.2) is 4.57 Å². The van der Waals surface area contributed by atoms with Gasteiger partial charge < -0.3 is 25.2 Å². The van der Waals surface area contributed by atoms with Gasteiger partial charge in [-0.2, -0.15) is 0 Å². The largest absolute Gasteiger partial charge is 0.480 e. The van der Waals surface area contributed by atoms with Crippen LogP contribution in [-0.2, 0) is 32.7 Å². The van der Waals surface area contributed by atoms with E-state index in [0.29, 0.717) is 13.0 Å². The summed E-state index contributed by atoms with van der Waals surface area (Å²) in [7, 11) is -4.61. The molecule has 4 N–H and O–H groups in total. The number of carbonyl (C=O) groups is 2. The molecule has 0 aliphatic heterocycles. The van der Waals surface area contributed by atoms with E-state index in [1.165, 1.54) is 116 Å². The Morgan fingerprint density at radius 1 is 0.608 bits per heavy atom. The van der Waals surface area contributed by atoms with E-state index in [9.17, 15) is 19.0 Å². The minimum atomic E-state index is -4.61. The minimum Gasteiger partial charge on any atom is -0.480 e. The normalized spacial score (nSPS) is 14.1. The summed E-state index contributed by atoms with van der Waals surface area (Å²) < 4.78 is 33.3. The predicted octanol–water partition coefficient (Wildman–Crippen LogP) is 11.0. The third-order valence-electron chi connectivity index (χ3n) is 9.04. The zero-order valence-corrected chi connectivity index (χ0v) is 33.6. The molecule has 0 aliphatic rings. The van der Waals surface area contributed by atoms with Gasteiger partial charge in [0, 0.05) is 13.0 Å². The summed E-state index contributed by atoms with van der Waals surface area (Å²) in [5.74, 6) is -1.78. The van der Waals surface area contributed by atoms with Crippen molar-refractivity contribution < 1.29 is 42.7 Å². The van der Waals surface area contributed by atoms with Gasteiger partial charge in [-0.3, -0.25) is 18.6 Å². The van der Waals surface area contributed by atoms with E-state index >= 15 is 0 Å². The van der Waals surface area contributed by atoms with Crippen LogP contribution < -0.4 is 5.73 Å². The summed E-state index contributed by atoms with van der Waals surface area (Å²) in [6.45, 7) is 3.88. The number of aliphatic carboxylic acids is 1. The fourth-order valence-corrected chi connectivity index (χ4v) is 6.55. The number of rotatable bonds is 40. The van der Waals surface area contributed by atoms with Crippen LogP contribution in [-0.4, -0.2) is 60.5 Å². The van der Waals surface area contributed by atoms with Crippen molar-refractivity contribution in [2.45, 2.75) is 206 Å². The molecule has 0 spiro atoms. The summed E-state index contributed by atoms with van der Waals surface area (Å²) in [5, 5.41) is 8.88. The van der Waals surface area contributed by atoms with Crippen molar-refractivity contribution in [3.8, 4) is 0 Å². The summed E-state index contributed by atoms with van der Waals surface area (Å²) in [6.07, 6.45) is 36.9. The van der Waals surface area contributed by atoms with Gasteiger partial charge in [-0.05, 0) is 38.5 Å². The molecule has 0 radical (unpaired) electrons. The lowest BCUT2D eigenvalue weighted by Crippen LogP contribution is -2.34. The smallest absolute Gasteiger partial charge is 0.472 e. The second-order valence-corrected chi connectivity index (χ2v) is 15.6. The molecule has 0 aromatic heterocycles. The highest BCUT2D eigenvalue weighted by molar-refractivity contribution is 7.47. The van der Waals surface area contributed by atoms with Crippen molar-refractivity contribution in [3.05, 3.63) is 12.2 Å².